The number of hydrogen-bond donors (Lipinski definition) is 1. The number of pyridine rings is 1. The summed E-state index contributed by atoms with van der Waals surface area (Å²) in [6.45, 7) is 5.43. The monoisotopic (exact) mass is 319 g/mol. The highest BCUT2D eigenvalue weighted by molar-refractivity contribution is 5.66. The summed E-state index contributed by atoms with van der Waals surface area (Å²) in [5.74, 6) is 1.13. The molecule has 0 saturated heterocycles. The van der Waals surface area contributed by atoms with Gasteiger partial charge in [-0.15, -0.1) is 0 Å². The predicted octanol–water partition coefficient (Wildman–Crippen LogP) is 5.08. The first kappa shape index (κ1) is 16.2. The lowest BCUT2D eigenvalue weighted by atomic mass is 9.93. The maximum atomic E-state index is 10.6. The Hall–Kier alpha value is -2.65. The Morgan fingerprint density at radius 3 is 2.29 bits per heavy atom. The van der Waals surface area contributed by atoms with Crippen LogP contribution < -0.4 is 4.74 Å². The van der Waals surface area contributed by atoms with Crippen LogP contribution in [0.2, 0.25) is 0 Å². The second-order valence-corrected chi connectivity index (χ2v) is 6.36. The van der Waals surface area contributed by atoms with E-state index in [1.807, 2.05) is 73.7 Å². The molecule has 1 N–H and O–H groups in total. The number of nitrogens with zero attached hydrogens (tertiary/aromatic N) is 1. The molecule has 3 nitrogen and oxygen atoms in total. The lowest BCUT2D eigenvalue weighted by molar-refractivity contribution is 0.0762. The molecule has 1 heterocycles. The lowest BCUT2D eigenvalue weighted by Gasteiger charge is -2.22. The van der Waals surface area contributed by atoms with E-state index in [0.717, 1.165) is 22.4 Å². The smallest absolute Gasteiger partial charge is 0.219 e. The molecule has 0 aliphatic rings. The molecule has 24 heavy (non-hydrogen) atoms. The SMILES string of the molecule is Cc1cccc(Oc2ccc(-c3ccccc3)cc2C(C)(C)O)n1. The molecule has 1 aromatic heterocycles. The van der Waals surface area contributed by atoms with Gasteiger partial charge in [0, 0.05) is 17.3 Å². The third-order valence-corrected chi connectivity index (χ3v) is 3.82. The molecule has 0 unspecified atom stereocenters. The Bertz CT molecular complexity index is 836. The topological polar surface area (TPSA) is 42.4 Å². The normalized spacial score (nSPS) is 11.3. The minimum absolute atomic E-state index is 0.521. The van der Waals surface area contributed by atoms with Crippen molar-refractivity contribution in [3.8, 4) is 22.8 Å². The fraction of sp³-hybridized carbons (Fsp3) is 0.190. The third kappa shape index (κ3) is 3.63. The number of hydrogen-bond acceptors (Lipinski definition) is 3. The molecule has 122 valence electrons. The average Bonchev–Trinajstić information content (AvgIpc) is 2.55. The van der Waals surface area contributed by atoms with Gasteiger partial charge in [0.15, 0.2) is 0 Å². The zero-order chi connectivity index (χ0) is 17.2. The van der Waals surface area contributed by atoms with E-state index in [2.05, 4.69) is 4.98 Å². The van der Waals surface area contributed by atoms with Crippen LogP contribution in [0.3, 0.4) is 0 Å². The molecule has 3 aromatic rings. The van der Waals surface area contributed by atoms with E-state index < -0.39 is 5.60 Å². The van der Waals surface area contributed by atoms with Crippen molar-refractivity contribution in [2.75, 3.05) is 0 Å². The molecule has 0 aliphatic heterocycles. The molecular weight excluding hydrogens is 298 g/mol. The summed E-state index contributed by atoms with van der Waals surface area (Å²) in [5, 5.41) is 10.6. The van der Waals surface area contributed by atoms with Crippen molar-refractivity contribution in [2.24, 2.45) is 0 Å². The first-order chi connectivity index (χ1) is 11.4. The molecule has 0 radical (unpaired) electrons. The van der Waals surface area contributed by atoms with Gasteiger partial charge in [0.05, 0.1) is 5.60 Å². The van der Waals surface area contributed by atoms with E-state index in [1.165, 1.54) is 0 Å². The Morgan fingerprint density at radius 2 is 1.62 bits per heavy atom. The Morgan fingerprint density at radius 1 is 0.875 bits per heavy atom. The Kier molecular flexibility index (Phi) is 4.36. The summed E-state index contributed by atoms with van der Waals surface area (Å²) in [4.78, 5) is 4.37. The van der Waals surface area contributed by atoms with Crippen LogP contribution in [-0.4, -0.2) is 10.1 Å². The molecule has 0 amide bonds. The number of aromatic nitrogens is 1. The summed E-state index contributed by atoms with van der Waals surface area (Å²) in [5.41, 5.74) is 2.73. The summed E-state index contributed by atoms with van der Waals surface area (Å²) < 4.78 is 5.94. The second kappa shape index (κ2) is 6.46. The van der Waals surface area contributed by atoms with Gasteiger partial charge in [-0.05, 0) is 50.1 Å². The van der Waals surface area contributed by atoms with Crippen LogP contribution in [0.15, 0.2) is 66.7 Å². The highest BCUT2D eigenvalue weighted by Crippen LogP contribution is 2.35. The number of ether oxygens (including phenoxy) is 1. The van der Waals surface area contributed by atoms with Gasteiger partial charge in [-0.2, -0.15) is 0 Å². The largest absolute Gasteiger partial charge is 0.439 e. The van der Waals surface area contributed by atoms with Gasteiger partial charge in [0.1, 0.15) is 5.75 Å². The minimum atomic E-state index is -1.02. The average molecular weight is 319 g/mol. The first-order valence-corrected chi connectivity index (χ1v) is 7.97. The van der Waals surface area contributed by atoms with Gasteiger partial charge in [0.2, 0.25) is 5.88 Å². The fourth-order valence-corrected chi connectivity index (χ4v) is 2.59. The van der Waals surface area contributed by atoms with Crippen LogP contribution in [0.25, 0.3) is 11.1 Å². The number of aliphatic hydroxyl groups is 1. The first-order valence-electron chi connectivity index (χ1n) is 7.97. The molecule has 3 heteroatoms. The van der Waals surface area contributed by atoms with Gasteiger partial charge >= 0.3 is 0 Å². The van der Waals surface area contributed by atoms with Gasteiger partial charge in [-0.25, -0.2) is 4.98 Å². The number of aryl methyl sites for hydroxylation is 1. The summed E-state index contributed by atoms with van der Waals surface area (Å²) in [6.07, 6.45) is 0. The zero-order valence-corrected chi connectivity index (χ0v) is 14.2. The molecular formula is C21H21NO2. The lowest BCUT2D eigenvalue weighted by Crippen LogP contribution is -2.16. The fourth-order valence-electron chi connectivity index (χ4n) is 2.59. The van der Waals surface area contributed by atoms with Crippen molar-refractivity contribution in [1.82, 2.24) is 4.98 Å². The molecule has 0 atom stereocenters. The highest BCUT2D eigenvalue weighted by atomic mass is 16.5. The summed E-state index contributed by atoms with van der Waals surface area (Å²) >= 11 is 0. The van der Waals surface area contributed by atoms with Gasteiger partial charge in [-0.3, -0.25) is 0 Å². The van der Waals surface area contributed by atoms with Crippen LogP contribution in [0.1, 0.15) is 25.1 Å². The van der Waals surface area contributed by atoms with Crippen molar-refractivity contribution >= 4 is 0 Å². The number of benzene rings is 2. The predicted molar refractivity (Wildman–Crippen MR) is 96.2 cm³/mol. The maximum absolute atomic E-state index is 10.6. The van der Waals surface area contributed by atoms with Crippen molar-refractivity contribution in [2.45, 2.75) is 26.4 Å². The van der Waals surface area contributed by atoms with E-state index in [9.17, 15) is 5.11 Å². The van der Waals surface area contributed by atoms with Crippen LogP contribution in [0.4, 0.5) is 0 Å². The van der Waals surface area contributed by atoms with E-state index >= 15 is 0 Å². The quantitative estimate of drug-likeness (QED) is 0.729. The standard InChI is InChI=1S/C21H21NO2/c1-15-8-7-11-20(22-15)24-19-13-12-17(14-18(19)21(2,3)23)16-9-5-4-6-10-16/h4-14,23H,1-3H3. The molecule has 0 spiro atoms. The van der Waals surface area contributed by atoms with E-state index in [-0.39, 0.29) is 0 Å². The summed E-state index contributed by atoms with van der Waals surface area (Å²) in [7, 11) is 0. The van der Waals surface area contributed by atoms with Crippen LogP contribution in [0, 0.1) is 6.92 Å². The van der Waals surface area contributed by atoms with Crippen LogP contribution >= 0.6 is 0 Å². The van der Waals surface area contributed by atoms with Crippen molar-refractivity contribution in [3.63, 3.8) is 0 Å². The van der Waals surface area contributed by atoms with Gasteiger partial charge < -0.3 is 9.84 Å². The molecule has 0 saturated carbocycles. The Labute approximate surface area is 142 Å². The van der Waals surface area contributed by atoms with Crippen LogP contribution in [0.5, 0.6) is 11.6 Å². The third-order valence-electron chi connectivity index (χ3n) is 3.82. The van der Waals surface area contributed by atoms with Gasteiger partial charge in [-0.1, -0.05) is 42.5 Å². The van der Waals surface area contributed by atoms with Crippen LogP contribution in [-0.2, 0) is 5.60 Å². The number of rotatable bonds is 4. The van der Waals surface area contributed by atoms with Gasteiger partial charge in [0.25, 0.3) is 0 Å². The Balaban J connectivity index is 2.03. The molecule has 3 rings (SSSR count). The maximum Gasteiger partial charge on any atom is 0.219 e. The molecule has 0 aliphatic carbocycles. The van der Waals surface area contributed by atoms with E-state index in [4.69, 9.17) is 4.74 Å². The van der Waals surface area contributed by atoms with Crippen molar-refractivity contribution in [1.29, 1.82) is 0 Å². The van der Waals surface area contributed by atoms with E-state index in [1.54, 1.807) is 13.8 Å². The molecule has 0 fully saturated rings. The minimum Gasteiger partial charge on any atom is -0.439 e. The molecule has 2 aromatic carbocycles. The zero-order valence-electron chi connectivity index (χ0n) is 14.2. The molecule has 0 bridgehead atoms. The van der Waals surface area contributed by atoms with Crippen molar-refractivity contribution < 1.29 is 9.84 Å². The van der Waals surface area contributed by atoms with E-state index in [0.29, 0.717) is 11.6 Å². The summed E-state index contributed by atoms with van der Waals surface area (Å²) in [6, 6.07) is 21.6. The second-order valence-electron chi connectivity index (χ2n) is 6.36. The highest BCUT2D eigenvalue weighted by Gasteiger charge is 2.22. The van der Waals surface area contributed by atoms with Crippen molar-refractivity contribution in [3.05, 3.63) is 78.0 Å².